The van der Waals surface area contributed by atoms with Gasteiger partial charge in [0.15, 0.2) is 0 Å². The lowest BCUT2D eigenvalue weighted by molar-refractivity contribution is -0.384. The Kier molecular flexibility index (Phi) is 4.49. The van der Waals surface area contributed by atoms with Gasteiger partial charge < -0.3 is 10.6 Å². The Morgan fingerprint density at radius 3 is 2.71 bits per heavy atom. The van der Waals surface area contributed by atoms with Gasteiger partial charge in [0.25, 0.3) is 11.6 Å². The van der Waals surface area contributed by atoms with Gasteiger partial charge in [-0.2, -0.15) is 0 Å². The normalized spacial score (nSPS) is 10.0. The van der Waals surface area contributed by atoms with Crippen LogP contribution in [0.5, 0.6) is 0 Å². The molecule has 0 aliphatic rings. The predicted molar refractivity (Wildman–Crippen MR) is 82.5 cm³/mol. The standard InChI is InChI=1S/C13H11BrN4O3/c1-15-12-4-2-3-11(16-12)13(19)17-10-6-5-8(18(20)21)7-9(10)14/h2-7H,1H3,(H,15,16)(H,17,19). The van der Waals surface area contributed by atoms with Crippen LogP contribution in [0.25, 0.3) is 0 Å². The lowest BCUT2D eigenvalue weighted by Gasteiger charge is -2.07. The molecular weight excluding hydrogens is 340 g/mol. The van der Waals surface area contributed by atoms with Gasteiger partial charge in [0, 0.05) is 23.7 Å². The van der Waals surface area contributed by atoms with E-state index < -0.39 is 10.8 Å². The number of nitro groups is 1. The summed E-state index contributed by atoms with van der Waals surface area (Å²) in [6.07, 6.45) is 0. The topological polar surface area (TPSA) is 97.2 Å². The molecule has 0 unspecified atom stereocenters. The van der Waals surface area contributed by atoms with Gasteiger partial charge in [-0.05, 0) is 34.1 Å². The molecule has 7 nitrogen and oxygen atoms in total. The smallest absolute Gasteiger partial charge is 0.274 e. The molecule has 0 spiro atoms. The van der Waals surface area contributed by atoms with E-state index in [9.17, 15) is 14.9 Å². The zero-order chi connectivity index (χ0) is 15.4. The highest BCUT2D eigenvalue weighted by molar-refractivity contribution is 9.10. The molecule has 0 fully saturated rings. The number of benzene rings is 1. The molecule has 0 radical (unpaired) electrons. The molecule has 0 aliphatic carbocycles. The summed E-state index contributed by atoms with van der Waals surface area (Å²) in [6, 6.07) is 9.12. The van der Waals surface area contributed by atoms with Crippen molar-refractivity contribution >= 4 is 39.0 Å². The number of nitro benzene ring substituents is 1. The SMILES string of the molecule is CNc1cccc(C(=O)Nc2ccc([N+](=O)[O-])cc2Br)n1. The summed E-state index contributed by atoms with van der Waals surface area (Å²) in [5.41, 5.74) is 0.615. The fourth-order valence-corrected chi connectivity index (χ4v) is 2.07. The van der Waals surface area contributed by atoms with E-state index in [2.05, 4.69) is 31.5 Å². The first kappa shape index (κ1) is 14.9. The van der Waals surface area contributed by atoms with Crippen molar-refractivity contribution in [1.82, 2.24) is 4.98 Å². The van der Waals surface area contributed by atoms with Crippen LogP contribution >= 0.6 is 15.9 Å². The number of non-ortho nitro benzene ring substituents is 1. The second-order valence-corrected chi connectivity index (χ2v) is 4.89. The molecule has 1 aromatic carbocycles. The number of hydrogen-bond acceptors (Lipinski definition) is 5. The molecule has 8 heteroatoms. The minimum Gasteiger partial charge on any atom is -0.373 e. The monoisotopic (exact) mass is 350 g/mol. The summed E-state index contributed by atoms with van der Waals surface area (Å²) in [5, 5.41) is 16.1. The van der Waals surface area contributed by atoms with E-state index in [1.165, 1.54) is 18.2 Å². The van der Waals surface area contributed by atoms with Crippen molar-refractivity contribution in [1.29, 1.82) is 0 Å². The Balaban J connectivity index is 2.21. The highest BCUT2D eigenvalue weighted by atomic mass is 79.9. The maximum atomic E-state index is 12.1. The van der Waals surface area contributed by atoms with Crippen LogP contribution in [0.1, 0.15) is 10.5 Å². The van der Waals surface area contributed by atoms with E-state index in [4.69, 9.17) is 0 Å². The molecule has 2 N–H and O–H groups in total. The van der Waals surface area contributed by atoms with Gasteiger partial charge >= 0.3 is 0 Å². The molecule has 0 bridgehead atoms. The molecule has 108 valence electrons. The average Bonchev–Trinajstić information content (AvgIpc) is 2.49. The van der Waals surface area contributed by atoms with Crippen LogP contribution in [0.15, 0.2) is 40.9 Å². The molecule has 1 heterocycles. The van der Waals surface area contributed by atoms with Crippen LogP contribution in [0.2, 0.25) is 0 Å². The quantitative estimate of drug-likeness (QED) is 0.652. The van der Waals surface area contributed by atoms with E-state index in [0.717, 1.165) is 0 Å². The van der Waals surface area contributed by atoms with E-state index in [-0.39, 0.29) is 11.4 Å². The first-order valence-corrected chi connectivity index (χ1v) is 6.70. The number of amides is 1. The Labute approximate surface area is 128 Å². The number of halogens is 1. The molecule has 1 aromatic heterocycles. The van der Waals surface area contributed by atoms with E-state index in [1.807, 2.05) is 0 Å². The van der Waals surface area contributed by atoms with Crippen molar-refractivity contribution in [3.05, 3.63) is 56.7 Å². The molecular formula is C13H11BrN4O3. The summed E-state index contributed by atoms with van der Waals surface area (Å²) in [4.78, 5) is 26.4. The summed E-state index contributed by atoms with van der Waals surface area (Å²) >= 11 is 3.19. The van der Waals surface area contributed by atoms with Crippen LogP contribution in [0.4, 0.5) is 17.2 Å². The number of nitrogens with one attached hydrogen (secondary N) is 2. The van der Waals surface area contributed by atoms with Gasteiger partial charge in [0.05, 0.1) is 10.6 Å². The zero-order valence-electron chi connectivity index (χ0n) is 11.0. The minimum absolute atomic E-state index is 0.0600. The fourth-order valence-electron chi connectivity index (χ4n) is 1.61. The van der Waals surface area contributed by atoms with Crippen molar-refractivity contribution in [2.45, 2.75) is 0 Å². The number of pyridine rings is 1. The van der Waals surface area contributed by atoms with Crippen molar-refractivity contribution < 1.29 is 9.72 Å². The molecule has 0 saturated heterocycles. The summed E-state index contributed by atoms with van der Waals surface area (Å²) in [6.45, 7) is 0. The number of anilines is 2. The predicted octanol–water partition coefficient (Wildman–Crippen LogP) is 3.05. The van der Waals surface area contributed by atoms with Gasteiger partial charge in [-0.25, -0.2) is 4.98 Å². The second-order valence-electron chi connectivity index (χ2n) is 4.03. The van der Waals surface area contributed by atoms with Crippen molar-refractivity contribution in [2.24, 2.45) is 0 Å². The Morgan fingerprint density at radius 2 is 2.10 bits per heavy atom. The third-order valence-corrected chi connectivity index (χ3v) is 3.31. The Morgan fingerprint density at radius 1 is 1.33 bits per heavy atom. The lowest BCUT2D eigenvalue weighted by Crippen LogP contribution is -2.14. The van der Waals surface area contributed by atoms with E-state index in [1.54, 1.807) is 25.2 Å². The first-order valence-electron chi connectivity index (χ1n) is 5.91. The maximum Gasteiger partial charge on any atom is 0.274 e. The van der Waals surface area contributed by atoms with Crippen molar-refractivity contribution in [3.8, 4) is 0 Å². The van der Waals surface area contributed by atoms with Crippen LogP contribution in [-0.2, 0) is 0 Å². The molecule has 2 aromatic rings. The van der Waals surface area contributed by atoms with Crippen LogP contribution in [0.3, 0.4) is 0 Å². The van der Waals surface area contributed by atoms with Gasteiger partial charge in [-0.15, -0.1) is 0 Å². The summed E-state index contributed by atoms with van der Waals surface area (Å²) < 4.78 is 0.426. The fraction of sp³-hybridized carbons (Fsp3) is 0.0769. The third-order valence-electron chi connectivity index (χ3n) is 2.65. The summed E-state index contributed by atoms with van der Waals surface area (Å²) in [5.74, 6) is 0.173. The number of carbonyl (C=O) groups excluding carboxylic acids is 1. The Hall–Kier alpha value is -2.48. The number of nitrogens with zero attached hydrogens (tertiary/aromatic N) is 2. The zero-order valence-corrected chi connectivity index (χ0v) is 12.5. The largest absolute Gasteiger partial charge is 0.373 e. The van der Waals surface area contributed by atoms with Crippen molar-refractivity contribution in [2.75, 3.05) is 17.7 Å². The highest BCUT2D eigenvalue weighted by Gasteiger charge is 2.13. The summed E-state index contributed by atoms with van der Waals surface area (Å²) in [7, 11) is 1.71. The maximum absolute atomic E-state index is 12.1. The second kappa shape index (κ2) is 6.31. The van der Waals surface area contributed by atoms with E-state index in [0.29, 0.717) is 16.0 Å². The number of aromatic nitrogens is 1. The molecule has 0 atom stereocenters. The van der Waals surface area contributed by atoms with Crippen LogP contribution in [-0.4, -0.2) is 22.9 Å². The highest BCUT2D eigenvalue weighted by Crippen LogP contribution is 2.27. The molecule has 1 amide bonds. The molecule has 0 saturated carbocycles. The number of rotatable bonds is 4. The molecule has 0 aliphatic heterocycles. The molecule has 2 rings (SSSR count). The first-order chi connectivity index (χ1) is 10.0. The van der Waals surface area contributed by atoms with Gasteiger partial charge in [0.2, 0.25) is 0 Å². The van der Waals surface area contributed by atoms with Gasteiger partial charge in [0.1, 0.15) is 11.5 Å². The van der Waals surface area contributed by atoms with E-state index >= 15 is 0 Å². The lowest BCUT2D eigenvalue weighted by atomic mass is 10.2. The average molecular weight is 351 g/mol. The van der Waals surface area contributed by atoms with Gasteiger partial charge in [-0.3, -0.25) is 14.9 Å². The Bertz CT molecular complexity index is 706. The minimum atomic E-state index is -0.506. The number of carbonyl (C=O) groups is 1. The van der Waals surface area contributed by atoms with Crippen molar-refractivity contribution in [3.63, 3.8) is 0 Å². The van der Waals surface area contributed by atoms with Crippen LogP contribution in [0, 0.1) is 10.1 Å². The van der Waals surface area contributed by atoms with Crippen LogP contribution < -0.4 is 10.6 Å². The van der Waals surface area contributed by atoms with Gasteiger partial charge in [-0.1, -0.05) is 6.07 Å². The molecule has 21 heavy (non-hydrogen) atoms. The number of hydrogen-bond donors (Lipinski definition) is 2. The third kappa shape index (κ3) is 3.54.